The van der Waals surface area contributed by atoms with E-state index in [9.17, 15) is 5.11 Å². The number of hydrogen-bond donors (Lipinski definition) is 1. The average molecular weight is 354 g/mol. The summed E-state index contributed by atoms with van der Waals surface area (Å²) in [6.45, 7) is 12.0. The second-order valence-corrected chi connectivity index (χ2v) is 7.45. The van der Waals surface area contributed by atoms with Gasteiger partial charge in [-0.2, -0.15) is 0 Å². The van der Waals surface area contributed by atoms with E-state index in [0.29, 0.717) is 19.2 Å². The fourth-order valence-electron chi connectivity index (χ4n) is 2.54. The lowest BCUT2D eigenvalue weighted by molar-refractivity contribution is -0.0593. The summed E-state index contributed by atoms with van der Waals surface area (Å²) >= 11 is 0. The molecule has 1 N–H and O–H groups in total. The molecule has 0 aliphatic rings. The molecule has 0 aliphatic heterocycles. The van der Waals surface area contributed by atoms with Gasteiger partial charge in [0, 0.05) is 19.1 Å². The highest BCUT2D eigenvalue weighted by Crippen LogP contribution is 2.28. The van der Waals surface area contributed by atoms with E-state index < -0.39 is 6.10 Å². The number of aliphatic hydroxyl groups is 1. The van der Waals surface area contributed by atoms with Crippen molar-refractivity contribution in [1.82, 2.24) is 4.90 Å². The zero-order chi connectivity index (χ0) is 19.0. The lowest BCUT2D eigenvalue weighted by atomic mass is 10.1. The summed E-state index contributed by atoms with van der Waals surface area (Å²) in [6, 6.07) is 6.31. The van der Waals surface area contributed by atoms with Crippen molar-refractivity contribution in [2.75, 3.05) is 27.4 Å². The van der Waals surface area contributed by atoms with E-state index >= 15 is 0 Å². The summed E-state index contributed by atoms with van der Waals surface area (Å²) in [4.78, 5) is 2.28. The molecule has 0 bridgehead atoms. The van der Waals surface area contributed by atoms with Crippen LogP contribution in [0.2, 0.25) is 0 Å². The van der Waals surface area contributed by atoms with Crippen molar-refractivity contribution in [3.05, 3.63) is 23.8 Å². The highest BCUT2D eigenvalue weighted by atomic mass is 16.5. The fraction of sp³-hybridized carbons (Fsp3) is 0.700. The van der Waals surface area contributed by atoms with Crippen LogP contribution in [0, 0.1) is 0 Å². The number of benzene rings is 1. The molecule has 0 saturated carbocycles. The Bertz CT molecular complexity index is 513. The Hall–Kier alpha value is -1.30. The highest BCUT2D eigenvalue weighted by molar-refractivity contribution is 5.42. The number of hydrogen-bond acceptors (Lipinski definition) is 5. The van der Waals surface area contributed by atoms with Crippen molar-refractivity contribution in [3.8, 4) is 11.5 Å². The molecule has 1 aromatic carbocycles. The second kappa shape index (κ2) is 10.00. The van der Waals surface area contributed by atoms with Crippen LogP contribution in [0.15, 0.2) is 18.2 Å². The first-order valence-corrected chi connectivity index (χ1v) is 8.97. The van der Waals surface area contributed by atoms with Gasteiger partial charge in [-0.25, -0.2) is 0 Å². The van der Waals surface area contributed by atoms with Crippen LogP contribution in [0.1, 0.15) is 46.6 Å². The summed E-state index contributed by atoms with van der Waals surface area (Å²) in [5.41, 5.74) is 0.882. The van der Waals surface area contributed by atoms with Crippen molar-refractivity contribution >= 4 is 0 Å². The molecule has 0 fully saturated rings. The largest absolute Gasteiger partial charge is 0.493 e. The molecule has 0 saturated heterocycles. The minimum Gasteiger partial charge on any atom is -0.493 e. The van der Waals surface area contributed by atoms with Crippen LogP contribution in [-0.2, 0) is 11.3 Å². The van der Waals surface area contributed by atoms with Gasteiger partial charge in [-0.15, -0.1) is 0 Å². The van der Waals surface area contributed by atoms with Gasteiger partial charge in [-0.3, -0.25) is 4.90 Å². The number of aliphatic hydroxyl groups excluding tert-OH is 1. The molecule has 0 unspecified atom stereocenters. The van der Waals surface area contributed by atoms with Crippen LogP contribution in [0.3, 0.4) is 0 Å². The molecule has 0 radical (unpaired) electrons. The van der Waals surface area contributed by atoms with E-state index in [0.717, 1.165) is 30.0 Å². The molecule has 1 aromatic rings. The Morgan fingerprint density at radius 2 is 1.76 bits per heavy atom. The van der Waals surface area contributed by atoms with E-state index in [-0.39, 0.29) is 5.60 Å². The van der Waals surface area contributed by atoms with E-state index in [1.54, 1.807) is 14.2 Å². The molecule has 0 aliphatic carbocycles. The van der Waals surface area contributed by atoms with Crippen molar-refractivity contribution in [3.63, 3.8) is 0 Å². The summed E-state index contributed by atoms with van der Waals surface area (Å²) in [6.07, 6.45) is 0.494. The number of methoxy groups -OCH3 is 2. The zero-order valence-corrected chi connectivity index (χ0v) is 16.8. The maximum Gasteiger partial charge on any atom is 0.161 e. The first-order chi connectivity index (χ1) is 11.7. The van der Waals surface area contributed by atoms with Gasteiger partial charge in [0.2, 0.25) is 0 Å². The first kappa shape index (κ1) is 21.7. The molecular weight excluding hydrogens is 318 g/mol. The maximum absolute atomic E-state index is 10.4. The van der Waals surface area contributed by atoms with Gasteiger partial charge in [0.1, 0.15) is 0 Å². The molecule has 0 amide bonds. The molecule has 0 aromatic heterocycles. The van der Waals surface area contributed by atoms with Crippen molar-refractivity contribution in [1.29, 1.82) is 0 Å². The predicted molar refractivity (Wildman–Crippen MR) is 101 cm³/mol. The fourth-order valence-corrected chi connectivity index (χ4v) is 2.54. The molecule has 144 valence electrons. The third kappa shape index (κ3) is 7.63. The van der Waals surface area contributed by atoms with Gasteiger partial charge in [0.05, 0.1) is 32.5 Å². The third-order valence-corrected chi connectivity index (χ3v) is 4.20. The molecule has 0 spiro atoms. The van der Waals surface area contributed by atoms with Crippen LogP contribution in [0.4, 0.5) is 0 Å². The monoisotopic (exact) mass is 353 g/mol. The third-order valence-electron chi connectivity index (χ3n) is 4.20. The molecule has 1 rings (SSSR count). The summed E-state index contributed by atoms with van der Waals surface area (Å²) in [5, 5.41) is 10.4. The van der Waals surface area contributed by atoms with Gasteiger partial charge in [-0.1, -0.05) is 13.0 Å². The van der Waals surface area contributed by atoms with Crippen molar-refractivity contribution in [2.45, 2.75) is 65.3 Å². The van der Waals surface area contributed by atoms with Gasteiger partial charge >= 0.3 is 0 Å². The number of nitrogens with zero attached hydrogens (tertiary/aromatic N) is 1. The van der Waals surface area contributed by atoms with Gasteiger partial charge in [-0.05, 0) is 51.8 Å². The summed E-state index contributed by atoms with van der Waals surface area (Å²) < 4.78 is 16.4. The molecule has 25 heavy (non-hydrogen) atoms. The molecule has 5 nitrogen and oxygen atoms in total. The predicted octanol–water partition coefficient (Wildman–Crippen LogP) is 3.48. The van der Waals surface area contributed by atoms with E-state index in [1.807, 2.05) is 39.0 Å². The molecule has 2 atom stereocenters. The Morgan fingerprint density at radius 3 is 2.28 bits per heavy atom. The molecule has 0 heterocycles. The first-order valence-electron chi connectivity index (χ1n) is 8.97. The Morgan fingerprint density at radius 1 is 1.12 bits per heavy atom. The zero-order valence-electron chi connectivity index (χ0n) is 16.8. The Kier molecular flexibility index (Phi) is 8.69. The summed E-state index contributed by atoms with van der Waals surface area (Å²) in [7, 11) is 3.27. The van der Waals surface area contributed by atoms with Crippen molar-refractivity contribution in [2.24, 2.45) is 0 Å². The van der Waals surface area contributed by atoms with E-state index in [1.165, 1.54) is 0 Å². The Labute approximate surface area is 152 Å². The molecular formula is C20H35NO4. The second-order valence-electron chi connectivity index (χ2n) is 7.45. The van der Waals surface area contributed by atoms with Gasteiger partial charge in [0.25, 0.3) is 0 Å². The van der Waals surface area contributed by atoms with Crippen LogP contribution in [-0.4, -0.2) is 55.1 Å². The van der Waals surface area contributed by atoms with E-state index in [2.05, 4.69) is 18.7 Å². The smallest absolute Gasteiger partial charge is 0.161 e. The average Bonchev–Trinajstić information content (AvgIpc) is 2.57. The topological polar surface area (TPSA) is 51.2 Å². The SMILES string of the molecule is CC[C@H](C)N(Cc1ccc(OC)c(OC)c1)C[C@@H](O)COC(C)(C)C. The summed E-state index contributed by atoms with van der Waals surface area (Å²) in [5.74, 6) is 1.45. The van der Waals surface area contributed by atoms with Crippen molar-refractivity contribution < 1.29 is 19.3 Å². The van der Waals surface area contributed by atoms with E-state index in [4.69, 9.17) is 14.2 Å². The number of rotatable bonds is 10. The number of ether oxygens (including phenoxy) is 3. The van der Waals surface area contributed by atoms with Crippen LogP contribution in [0.25, 0.3) is 0 Å². The normalized spacial score (nSPS) is 14.4. The quantitative estimate of drug-likeness (QED) is 0.698. The van der Waals surface area contributed by atoms with Crippen LogP contribution >= 0.6 is 0 Å². The van der Waals surface area contributed by atoms with Gasteiger partial charge < -0.3 is 19.3 Å². The maximum atomic E-state index is 10.4. The van der Waals surface area contributed by atoms with Gasteiger partial charge in [0.15, 0.2) is 11.5 Å². The lowest BCUT2D eigenvalue weighted by Gasteiger charge is -2.31. The minimum absolute atomic E-state index is 0.245. The van der Waals surface area contributed by atoms with Crippen LogP contribution in [0.5, 0.6) is 11.5 Å². The Balaban J connectivity index is 2.79. The van der Waals surface area contributed by atoms with Crippen LogP contribution < -0.4 is 9.47 Å². The standard InChI is InChI=1S/C20H35NO4/c1-8-15(2)21(13-17(22)14-25-20(3,4)5)12-16-9-10-18(23-6)19(11-16)24-7/h9-11,15,17,22H,8,12-14H2,1-7H3/t15-,17+/m0/s1. The lowest BCUT2D eigenvalue weighted by Crippen LogP contribution is -2.41. The minimum atomic E-state index is -0.520. The molecule has 5 heteroatoms. The highest BCUT2D eigenvalue weighted by Gasteiger charge is 2.20.